The van der Waals surface area contributed by atoms with E-state index in [4.69, 9.17) is 4.42 Å². The molecule has 130 valence electrons. The van der Waals surface area contributed by atoms with Crippen LogP contribution in [0.3, 0.4) is 0 Å². The van der Waals surface area contributed by atoms with Crippen LogP contribution in [0, 0.1) is 11.3 Å². The molecule has 1 fully saturated rings. The molecule has 2 aromatic rings. The lowest BCUT2D eigenvalue weighted by molar-refractivity contribution is 0.0558. The molecule has 0 aliphatic carbocycles. The van der Waals surface area contributed by atoms with Gasteiger partial charge in [-0.15, -0.1) is 0 Å². The molecule has 0 bridgehead atoms. The van der Waals surface area contributed by atoms with Crippen molar-refractivity contribution in [1.29, 1.82) is 5.26 Å². The van der Waals surface area contributed by atoms with Crippen molar-refractivity contribution >= 4 is 5.97 Å². The maximum absolute atomic E-state index is 11.4. The molecule has 0 spiro atoms. The van der Waals surface area contributed by atoms with Crippen LogP contribution in [0.4, 0.5) is 0 Å². The van der Waals surface area contributed by atoms with Gasteiger partial charge in [0.05, 0.1) is 19.7 Å². The summed E-state index contributed by atoms with van der Waals surface area (Å²) in [5.41, 5.74) is 1.03. The van der Waals surface area contributed by atoms with Crippen molar-refractivity contribution in [3.8, 4) is 6.07 Å². The molecule has 1 aliphatic heterocycles. The maximum Gasteiger partial charge on any atom is 0.373 e. The van der Waals surface area contributed by atoms with Crippen molar-refractivity contribution < 1.29 is 13.9 Å². The molecule has 6 nitrogen and oxygen atoms in total. The number of hydrogen-bond donors (Lipinski definition) is 0. The molecule has 0 radical (unpaired) electrons. The van der Waals surface area contributed by atoms with Gasteiger partial charge < -0.3 is 9.15 Å². The van der Waals surface area contributed by atoms with Gasteiger partial charge in [-0.25, -0.2) is 4.79 Å². The molecule has 1 aromatic carbocycles. The summed E-state index contributed by atoms with van der Waals surface area (Å²) in [7, 11) is 1.34. The van der Waals surface area contributed by atoms with Crippen molar-refractivity contribution in [2.24, 2.45) is 0 Å². The van der Waals surface area contributed by atoms with Crippen molar-refractivity contribution in [3.05, 3.63) is 59.5 Å². The summed E-state index contributed by atoms with van der Waals surface area (Å²) in [5.74, 6) is 0.509. The molecule has 1 saturated heterocycles. The molecule has 2 heterocycles. The van der Waals surface area contributed by atoms with Crippen LogP contribution in [0.5, 0.6) is 0 Å². The lowest BCUT2D eigenvalue weighted by Crippen LogP contribution is -2.46. The Morgan fingerprint density at radius 2 is 1.92 bits per heavy atom. The number of ether oxygens (including phenoxy) is 1. The zero-order valence-corrected chi connectivity index (χ0v) is 14.2. The highest BCUT2D eigenvalue weighted by Gasteiger charge is 2.25. The van der Waals surface area contributed by atoms with Gasteiger partial charge in [0.2, 0.25) is 5.76 Å². The second kappa shape index (κ2) is 7.97. The molecular formula is C19H21N3O3. The summed E-state index contributed by atoms with van der Waals surface area (Å²) < 4.78 is 10.2. The fourth-order valence-electron chi connectivity index (χ4n) is 3.08. The number of furan rings is 1. The molecule has 6 heteroatoms. The van der Waals surface area contributed by atoms with Gasteiger partial charge in [-0.2, -0.15) is 5.26 Å². The highest BCUT2D eigenvalue weighted by atomic mass is 16.5. The number of rotatable bonds is 5. The van der Waals surface area contributed by atoms with E-state index >= 15 is 0 Å². The Morgan fingerprint density at radius 3 is 2.56 bits per heavy atom. The lowest BCUT2D eigenvalue weighted by Gasteiger charge is -2.36. The largest absolute Gasteiger partial charge is 0.463 e. The third kappa shape index (κ3) is 4.08. The first-order chi connectivity index (χ1) is 12.2. The van der Waals surface area contributed by atoms with Crippen molar-refractivity contribution in [2.75, 3.05) is 33.3 Å². The average molecular weight is 339 g/mol. The first kappa shape index (κ1) is 17.2. The number of methoxy groups -OCH3 is 1. The number of carbonyl (C=O) groups excluding carboxylic acids is 1. The standard InChI is InChI=1S/C19H21N3O3/c1-24-19(23)18-8-7-16(25-18)14-21-9-11-22(12-10-21)17(13-20)15-5-3-2-4-6-15/h2-8,17H,9-12,14H2,1H3/t17-/m0/s1. The molecule has 3 rings (SSSR count). The van der Waals surface area contributed by atoms with Crippen LogP contribution in [-0.2, 0) is 11.3 Å². The monoisotopic (exact) mass is 339 g/mol. The molecular weight excluding hydrogens is 318 g/mol. The van der Waals surface area contributed by atoms with E-state index in [1.165, 1.54) is 7.11 Å². The molecule has 0 saturated carbocycles. The van der Waals surface area contributed by atoms with Crippen LogP contribution in [0.1, 0.15) is 27.9 Å². The fraction of sp³-hybridized carbons (Fsp3) is 0.368. The lowest BCUT2D eigenvalue weighted by atomic mass is 10.1. The van der Waals surface area contributed by atoms with Crippen molar-refractivity contribution in [2.45, 2.75) is 12.6 Å². The zero-order valence-electron chi connectivity index (χ0n) is 14.2. The van der Waals surface area contributed by atoms with Gasteiger partial charge in [0.25, 0.3) is 0 Å². The number of piperazine rings is 1. The maximum atomic E-state index is 11.4. The van der Waals surface area contributed by atoms with E-state index in [1.54, 1.807) is 12.1 Å². The SMILES string of the molecule is COC(=O)c1ccc(CN2CCN([C@@H](C#N)c3ccccc3)CC2)o1. The van der Waals surface area contributed by atoms with E-state index in [0.717, 1.165) is 37.5 Å². The summed E-state index contributed by atoms with van der Waals surface area (Å²) in [5, 5.41) is 9.55. The van der Waals surface area contributed by atoms with E-state index in [2.05, 4.69) is 20.6 Å². The Labute approximate surface area is 147 Å². The number of benzene rings is 1. The predicted octanol–water partition coefficient (Wildman–Crippen LogP) is 2.45. The van der Waals surface area contributed by atoms with E-state index < -0.39 is 5.97 Å². The Morgan fingerprint density at radius 1 is 1.20 bits per heavy atom. The molecule has 25 heavy (non-hydrogen) atoms. The van der Waals surface area contributed by atoms with E-state index in [9.17, 15) is 10.1 Å². The molecule has 0 N–H and O–H groups in total. The highest BCUT2D eigenvalue weighted by Crippen LogP contribution is 2.22. The minimum Gasteiger partial charge on any atom is -0.463 e. The third-order valence-electron chi connectivity index (χ3n) is 4.44. The normalized spacial score (nSPS) is 17.0. The molecule has 0 amide bonds. The highest BCUT2D eigenvalue weighted by molar-refractivity contribution is 5.86. The number of carbonyl (C=O) groups is 1. The quantitative estimate of drug-likeness (QED) is 0.780. The van der Waals surface area contributed by atoms with Gasteiger partial charge >= 0.3 is 5.97 Å². The van der Waals surface area contributed by atoms with Crippen molar-refractivity contribution in [1.82, 2.24) is 9.80 Å². The van der Waals surface area contributed by atoms with Gasteiger partial charge in [-0.05, 0) is 17.7 Å². The van der Waals surface area contributed by atoms with Crippen LogP contribution in [0.25, 0.3) is 0 Å². The molecule has 1 atom stereocenters. The van der Waals surface area contributed by atoms with Gasteiger partial charge in [0.15, 0.2) is 0 Å². The van der Waals surface area contributed by atoms with Crippen LogP contribution in [0.2, 0.25) is 0 Å². The van der Waals surface area contributed by atoms with E-state index in [0.29, 0.717) is 6.54 Å². The molecule has 1 aliphatic rings. The number of nitrogens with zero attached hydrogens (tertiary/aromatic N) is 3. The smallest absolute Gasteiger partial charge is 0.373 e. The minimum absolute atomic E-state index is 0.210. The minimum atomic E-state index is -0.462. The Balaban J connectivity index is 1.56. The average Bonchev–Trinajstić information content (AvgIpc) is 3.12. The van der Waals surface area contributed by atoms with Gasteiger partial charge in [-0.1, -0.05) is 30.3 Å². The summed E-state index contributed by atoms with van der Waals surface area (Å²) in [4.78, 5) is 15.9. The first-order valence-corrected chi connectivity index (χ1v) is 8.29. The van der Waals surface area contributed by atoms with Crippen LogP contribution >= 0.6 is 0 Å². The van der Waals surface area contributed by atoms with Crippen LogP contribution in [-0.4, -0.2) is 49.1 Å². The van der Waals surface area contributed by atoms with Gasteiger partial charge in [0, 0.05) is 26.2 Å². The molecule has 1 aromatic heterocycles. The third-order valence-corrected chi connectivity index (χ3v) is 4.44. The summed E-state index contributed by atoms with van der Waals surface area (Å²) in [6, 6.07) is 15.5. The Hall–Kier alpha value is -2.62. The predicted molar refractivity (Wildman–Crippen MR) is 91.7 cm³/mol. The van der Waals surface area contributed by atoms with Crippen LogP contribution in [0.15, 0.2) is 46.9 Å². The van der Waals surface area contributed by atoms with Crippen molar-refractivity contribution in [3.63, 3.8) is 0 Å². The number of esters is 1. The summed E-state index contributed by atoms with van der Waals surface area (Å²) in [6.45, 7) is 3.97. The Bertz CT molecular complexity index is 743. The summed E-state index contributed by atoms with van der Waals surface area (Å²) in [6.07, 6.45) is 0. The van der Waals surface area contributed by atoms with E-state index in [-0.39, 0.29) is 11.8 Å². The second-order valence-corrected chi connectivity index (χ2v) is 6.01. The first-order valence-electron chi connectivity index (χ1n) is 8.29. The van der Waals surface area contributed by atoms with Gasteiger partial charge in [0.1, 0.15) is 11.8 Å². The second-order valence-electron chi connectivity index (χ2n) is 6.01. The Kier molecular flexibility index (Phi) is 5.49. The topological polar surface area (TPSA) is 69.7 Å². The fourth-order valence-corrected chi connectivity index (χ4v) is 3.08. The summed E-state index contributed by atoms with van der Waals surface area (Å²) >= 11 is 0. The number of nitriles is 1. The van der Waals surface area contributed by atoms with Gasteiger partial charge in [-0.3, -0.25) is 9.80 Å². The van der Waals surface area contributed by atoms with Crippen LogP contribution < -0.4 is 0 Å². The zero-order chi connectivity index (χ0) is 17.6. The number of hydrogen-bond acceptors (Lipinski definition) is 6. The van der Waals surface area contributed by atoms with E-state index in [1.807, 2.05) is 30.3 Å². The molecule has 0 unspecified atom stereocenters.